The summed E-state index contributed by atoms with van der Waals surface area (Å²) in [6.45, 7) is 5.93. The Hall–Kier alpha value is -0.610. The van der Waals surface area contributed by atoms with Crippen LogP contribution in [-0.2, 0) is 4.79 Å². The minimum atomic E-state index is -0.354. The number of hydrogen-bond acceptors (Lipinski definition) is 3. The van der Waals surface area contributed by atoms with Gasteiger partial charge in [-0.1, -0.05) is 13.8 Å². The van der Waals surface area contributed by atoms with Crippen molar-refractivity contribution in [3.8, 4) is 0 Å². The number of amides is 1. The molecule has 1 rings (SSSR count). The largest absolute Gasteiger partial charge is 0.396 e. The van der Waals surface area contributed by atoms with Crippen LogP contribution in [0.4, 0.5) is 0 Å². The molecule has 1 aliphatic rings. The Morgan fingerprint density at radius 1 is 1.56 bits per heavy atom. The Bertz CT molecular complexity index is 231. The molecule has 0 bridgehead atoms. The average Bonchev–Trinajstić information content (AvgIpc) is 2.64. The maximum absolute atomic E-state index is 12.0. The second kappa shape index (κ2) is 6.21. The second-order valence-corrected chi connectivity index (χ2v) is 5.19. The molecule has 94 valence electrons. The zero-order valence-electron chi connectivity index (χ0n) is 10.4. The van der Waals surface area contributed by atoms with E-state index in [0.717, 1.165) is 32.4 Å². The Labute approximate surface area is 97.8 Å². The van der Waals surface area contributed by atoms with Crippen LogP contribution < -0.4 is 5.73 Å². The molecule has 4 nitrogen and oxygen atoms in total. The number of nitrogens with two attached hydrogens (primary N) is 1. The third kappa shape index (κ3) is 3.76. The fraction of sp³-hybridized carbons (Fsp3) is 0.917. The van der Waals surface area contributed by atoms with E-state index in [4.69, 9.17) is 10.8 Å². The van der Waals surface area contributed by atoms with E-state index < -0.39 is 0 Å². The summed E-state index contributed by atoms with van der Waals surface area (Å²) in [4.78, 5) is 13.8. The molecule has 1 amide bonds. The molecule has 1 saturated heterocycles. The first kappa shape index (κ1) is 13.5. The number of carbonyl (C=O) groups is 1. The molecule has 1 unspecified atom stereocenters. The van der Waals surface area contributed by atoms with E-state index in [1.54, 1.807) is 0 Å². The highest BCUT2D eigenvalue weighted by Gasteiger charge is 2.28. The van der Waals surface area contributed by atoms with Crippen LogP contribution in [0.2, 0.25) is 0 Å². The van der Waals surface area contributed by atoms with Crippen molar-refractivity contribution in [3.05, 3.63) is 0 Å². The first-order valence-electron chi connectivity index (χ1n) is 6.19. The summed E-state index contributed by atoms with van der Waals surface area (Å²) < 4.78 is 0. The Kier molecular flexibility index (Phi) is 5.22. The molecule has 4 heteroatoms. The number of aliphatic hydroxyl groups is 1. The van der Waals surface area contributed by atoms with E-state index in [2.05, 4.69) is 13.8 Å². The van der Waals surface area contributed by atoms with Crippen LogP contribution in [0.15, 0.2) is 0 Å². The van der Waals surface area contributed by atoms with Gasteiger partial charge >= 0.3 is 0 Å². The molecule has 0 aromatic carbocycles. The van der Waals surface area contributed by atoms with Crippen molar-refractivity contribution >= 4 is 5.91 Å². The standard InChI is InChI=1S/C12H24N2O2/c1-9(2)7-11(13)12(16)14-5-3-10(8-14)4-6-15/h9-11,15H,3-8,13H2,1-2H3/t10?,11-/m0/s1. The van der Waals surface area contributed by atoms with Crippen molar-refractivity contribution in [2.75, 3.05) is 19.7 Å². The van der Waals surface area contributed by atoms with Crippen LogP contribution in [0.3, 0.4) is 0 Å². The summed E-state index contributed by atoms with van der Waals surface area (Å²) in [5, 5.41) is 8.85. The van der Waals surface area contributed by atoms with Gasteiger partial charge in [0.1, 0.15) is 0 Å². The van der Waals surface area contributed by atoms with Gasteiger partial charge in [-0.05, 0) is 31.1 Å². The number of hydrogen-bond donors (Lipinski definition) is 2. The van der Waals surface area contributed by atoms with Gasteiger partial charge in [0.25, 0.3) is 0 Å². The molecule has 0 saturated carbocycles. The fourth-order valence-electron chi connectivity index (χ4n) is 2.29. The van der Waals surface area contributed by atoms with Crippen molar-refractivity contribution in [2.24, 2.45) is 17.6 Å². The highest BCUT2D eigenvalue weighted by atomic mass is 16.3. The normalized spacial score (nSPS) is 22.8. The summed E-state index contributed by atoms with van der Waals surface area (Å²) >= 11 is 0. The molecule has 0 radical (unpaired) electrons. The summed E-state index contributed by atoms with van der Waals surface area (Å²) in [7, 11) is 0. The number of likely N-dealkylation sites (tertiary alicyclic amines) is 1. The van der Waals surface area contributed by atoms with E-state index in [1.807, 2.05) is 4.90 Å². The maximum atomic E-state index is 12.0. The highest BCUT2D eigenvalue weighted by Crippen LogP contribution is 2.20. The van der Waals surface area contributed by atoms with E-state index in [9.17, 15) is 4.79 Å². The molecule has 0 spiro atoms. The molecule has 1 heterocycles. The summed E-state index contributed by atoms with van der Waals surface area (Å²) in [5.74, 6) is 0.990. The molecule has 1 aliphatic heterocycles. The summed E-state index contributed by atoms with van der Waals surface area (Å²) in [6, 6.07) is -0.354. The highest BCUT2D eigenvalue weighted by molar-refractivity contribution is 5.81. The van der Waals surface area contributed by atoms with E-state index >= 15 is 0 Å². The number of carbonyl (C=O) groups excluding carboxylic acids is 1. The lowest BCUT2D eigenvalue weighted by molar-refractivity contribution is -0.132. The zero-order valence-corrected chi connectivity index (χ0v) is 10.4. The third-order valence-electron chi connectivity index (χ3n) is 3.18. The van der Waals surface area contributed by atoms with Crippen LogP contribution in [0, 0.1) is 11.8 Å². The number of rotatable bonds is 5. The van der Waals surface area contributed by atoms with Gasteiger partial charge in [-0.25, -0.2) is 0 Å². The monoisotopic (exact) mass is 228 g/mol. The van der Waals surface area contributed by atoms with Gasteiger partial charge in [0.2, 0.25) is 5.91 Å². The van der Waals surface area contributed by atoms with E-state index in [-0.39, 0.29) is 18.6 Å². The van der Waals surface area contributed by atoms with Crippen molar-refractivity contribution in [1.82, 2.24) is 4.90 Å². The van der Waals surface area contributed by atoms with Gasteiger partial charge in [-0.15, -0.1) is 0 Å². The van der Waals surface area contributed by atoms with Crippen LogP contribution in [0.25, 0.3) is 0 Å². The lowest BCUT2D eigenvalue weighted by Crippen LogP contribution is -2.43. The van der Waals surface area contributed by atoms with Crippen LogP contribution in [0.1, 0.15) is 33.1 Å². The molecular formula is C12H24N2O2. The van der Waals surface area contributed by atoms with Gasteiger partial charge in [0.15, 0.2) is 0 Å². The van der Waals surface area contributed by atoms with Gasteiger partial charge in [0, 0.05) is 19.7 Å². The van der Waals surface area contributed by atoms with E-state index in [1.165, 1.54) is 0 Å². The first-order chi connectivity index (χ1) is 7.54. The predicted octanol–water partition coefficient (Wildman–Crippen LogP) is 0.591. The Morgan fingerprint density at radius 3 is 2.81 bits per heavy atom. The second-order valence-electron chi connectivity index (χ2n) is 5.19. The SMILES string of the molecule is CC(C)C[C@H](N)C(=O)N1CCC(CCO)C1. The zero-order chi connectivity index (χ0) is 12.1. The maximum Gasteiger partial charge on any atom is 0.239 e. The van der Waals surface area contributed by atoms with E-state index in [0.29, 0.717) is 11.8 Å². The Morgan fingerprint density at radius 2 is 2.25 bits per heavy atom. The predicted molar refractivity (Wildman–Crippen MR) is 63.8 cm³/mol. The summed E-state index contributed by atoms with van der Waals surface area (Å²) in [5.41, 5.74) is 5.88. The minimum Gasteiger partial charge on any atom is -0.396 e. The number of nitrogens with zero attached hydrogens (tertiary/aromatic N) is 1. The lowest BCUT2D eigenvalue weighted by Gasteiger charge is -2.22. The van der Waals surface area contributed by atoms with Gasteiger partial charge in [0.05, 0.1) is 6.04 Å². The van der Waals surface area contributed by atoms with Crippen molar-refractivity contribution < 1.29 is 9.90 Å². The van der Waals surface area contributed by atoms with Crippen LogP contribution in [-0.4, -0.2) is 41.7 Å². The van der Waals surface area contributed by atoms with Crippen LogP contribution in [0.5, 0.6) is 0 Å². The quantitative estimate of drug-likeness (QED) is 0.724. The van der Waals surface area contributed by atoms with Crippen molar-refractivity contribution in [2.45, 2.75) is 39.2 Å². The lowest BCUT2D eigenvalue weighted by atomic mass is 10.0. The van der Waals surface area contributed by atoms with Crippen LogP contribution >= 0.6 is 0 Å². The average molecular weight is 228 g/mol. The molecule has 2 atom stereocenters. The number of aliphatic hydroxyl groups excluding tert-OH is 1. The minimum absolute atomic E-state index is 0.0779. The molecule has 16 heavy (non-hydrogen) atoms. The van der Waals surface area contributed by atoms with Crippen molar-refractivity contribution in [3.63, 3.8) is 0 Å². The molecule has 1 fully saturated rings. The third-order valence-corrected chi connectivity index (χ3v) is 3.18. The first-order valence-corrected chi connectivity index (χ1v) is 6.19. The Balaban J connectivity index is 2.38. The molecule has 3 N–H and O–H groups in total. The topological polar surface area (TPSA) is 66.6 Å². The smallest absolute Gasteiger partial charge is 0.239 e. The molecular weight excluding hydrogens is 204 g/mol. The van der Waals surface area contributed by atoms with Gasteiger partial charge < -0.3 is 15.7 Å². The molecule has 0 aromatic rings. The summed E-state index contributed by atoms with van der Waals surface area (Å²) in [6.07, 6.45) is 2.55. The van der Waals surface area contributed by atoms with Crippen molar-refractivity contribution in [1.29, 1.82) is 0 Å². The van der Waals surface area contributed by atoms with Gasteiger partial charge in [-0.3, -0.25) is 4.79 Å². The molecule has 0 aromatic heterocycles. The molecule has 0 aliphatic carbocycles. The van der Waals surface area contributed by atoms with Gasteiger partial charge in [-0.2, -0.15) is 0 Å². The fourth-order valence-corrected chi connectivity index (χ4v) is 2.29.